The van der Waals surface area contributed by atoms with Gasteiger partial charge in [0.2, 0.25) is 0 Å². The summed E-state index contributed by atoms with van der Waals surface area (Å²) in [5, 5.41) is 12.3. The van der Waals surface area contributed by atoms with E-state index < -0.39 is 10.8 Å². The first-order chi connectivity index (χ1) is 46.3. The minimum Gasteiger partial charge on any atom is -0.352 e. The van der Waals surface area contributed by atoms with Crippen LogP contribution in [0.3, 0.4) is 0 Å². The van der Waals surface area contributed by atoms with Crippen LogP contribution in [0.5, 0.6) is 0 Å². The molecule has 0 unspecified atom stereocenters. The quantitative estimate of drug-likeness (QED) is 0.0234. The molecule has 10 rings (SSSR count). The number of hydrogen-bond donors (Lipinski definition) is 4. The fourth-order valence-electron chi connectivity index (χ4n) is 13.4. The van der Waals surface area contributed by atoms with E-state index in [1.165, 1.54) is 89.9 Å². The summed E-state index contributed by atoms with van der Waals surface area (Å²) in [5.74, 6) is -0.856. The van der Waals surface area contributed by atoms with Gasteiger partial charge in [0.1, 0.15) is 0 Å². The van der Waals surface area contributed by atoms with Gasteiger partial charge >= 0.3 is 0 Å². The van der Waals surface area contributed by atoms with Crippen molar-refractivity contribution in [3.63, 3.8) is 0 Å². The highest BCUT2D eigenvalue weighted by molar-refractivity contribution is 6.07. The maximum Gasteiger partial charge on any atom is 0.255 e. The highest BCUT2D eigenvalue weighted by Gasteiger charge is 2.39. The largest absolute Gasteiger partial charge is 0.352 e. The Morgan fingerprint density at radius 1 is 0.213 bits per heavy atom. The van der Waals surface area contributed by atoms with Crippen molar-refractivity contribution in [2.24, 2.45) is 0 Å². The fourth-order valence-corrected chi connectivity index (χ4v) is 13.4. The van der Waals surface area contributed by atoms with Crippen molar-refractivity contribution in [1.82, 2.24) is 10.6 Å². The summed E-state index contributed by atoms with van der Waals surface area (Å²) in [6.07, 6.45) is 21.9. The van der Waals surface area contributed by atoms with Crippen LogP contribution < -0.4 is 21.3 Å². The summed E-state index contributed by atoms with van der Waals surface area (Å²) in [4.78, 5) is 53.5. The smallest absolute Gasteiger partial charge is 0.255 e. The molecule has 478 valence electrons. The van der Waals surface area contributed by atoms with Crippen LogP contribution >= 0.6 is 0 Å². The van der Waals surface area contributed by atoms with Gasteiger partial charge < -0.3 is 21.3 Å². The van der Waals surface area contributed by atoms with E-state index in [4.69, 9.17) is 0 Å². The second-order valence-corrected chi connectivity index (χ2v) is 24.8. The first kappa shape index (κ1) is 67.0. The molecule has 0 bridgehead atoms. The highest BCUT2D eigenvalue weighted by Crippen LogP contribution is 2.47. The van der Waals surface area contributed by atoms with Gasteiger partial charge in [-0.25, -0.2) is 0 Å². The van der Waals surface area contributed by atoms with Crippen molar-refractivity contribution in [3.8, 4) is 0 Å². The molecule has 94 heavy (non-hydrogen) atoms. The molecule has 0 radical (unpaired) electrons. The van der Waals surface area contributed by atoms with Gasteiger partial charge in [-0.1, -0.05) is 321 Å². The number of hydrogen-bond acceptors (Lipinski definition) is 4. The molecule has 8 nitrogen and oxygen atoms in total. The van der Waals surface area contributed by atoms with Gasteiger partial charge in [0.05, 0.1) is 10.8 Å². The molecule has 0 aromatic heterocycles. The van der Waals surface area contributed by atoms with Crippen LogP contribution in [0.4, 0.5) is 11.4 Å². The maximum atomic E-state index is 13.6. The Morgan fingerprint density at radius 3 is 0.649 bits per heavy atom. The molecular formula is C86H90N4O4. The van der Waals surface area contributed by atoms with Crippen LogP contribution in [-0.4, -0.2) is 36.7 Å². The molecule has 4 N–H and O–H groups in total. The summed E-state index contributed by atoms with van der Waals surface area (Å²) >= 11 is 0. The van der Waals surface area contributed by atoms with Crippen LogP contribution in [0.25, 0.3) is 0 Å². The molecule has 0 aliphatic heterocycles. The lowest BCUT2D eigenvalue weighted by Crippen LogP contribution is -2.31. The highest BCUT2D eigenvalue weighted by atomic mass is 16.2. The number of unbranched alkanes of at least 4 members (excludes halogenated alkanes) is 17. The number of rotatable bonds is 35. The average Bonchev–Trinajstić information content (AvgIpc) is 0.756. The molecular weight excluding hydrogens is 1150 g/mol. The maximum absolute atomic E-state index is 13.6. The van der Waals surface area contributed by atoms with Crippen molar-refractivity contribution >= 4 is 35.0 Å². The van der Waals surface area contributed by atoms with E-state index in [0.29, 0.717) is 46.7 Å². The number of amides is 4. The predicted molar refractivity (Wildman–Crippen MR) is 386 cm³/mol. The third-order valence-corrected chi connectivity index (χ3v) is 18.3. The Balaban J connectivity index is 0.536. The molecule has 10 aromatic carbocycles. The van der Waals surface area contributed by atoms with Gasteiger partial charge in [-0.3, -0.25) is 19.2 Å². The van der Waals surface area contributed by atoms with Gasteiger partial charge in [-0.05, 0) is 118 Å². The normalized spacial score (nSPS) is 11.4. The summed E-state index contributed by atoms with van der Waals surface area (Å²) in [6.45, 7) is 1.23. The van der Waals surface area contributed by atoms with Gasteiger partial charge in [0.15, 0.2) is 0 Å². The monoisotopic (exact) mass is 1240 g/mol. The minimum absolute atomic E-state index is 0.162. The second kappa shape index (κ2) is 35.2. The molecule has 0 spiro atoms. The number of carbonyl (C=O) groups is 4. The Hall–Kier alpha value is -9.92. The van der Waals surface area contributed by atoms with Crippen LogP contribution in [0, 0.1) is 0 Å². The zero-order valence-electron chi connectivity index (χ0n) is 54.3. The summed E-state index contributed by atoms with van der Waals surface area (Å²) in [5.41, 5.74) is 11.1. The van der Waals surface area contributed by atoms with Crippen LogP contribution in [0.1, 0.15) is 202 Å². The molecule has 0 saturated carbocycles. The van der Waals surface area contributed by atoms with Gasteiger partial charge in [-0.2, -0.15) is 0 Å². The van der Waals surface area contributed by atoms with E-state index in [-0.39, 0.29) is 23.6 Å². The third kappa shape index (κ3) is 17.6. The first-order valence-electron chi connectivity index (χ1n) is 34.3. The number of nitrogens with one attached hydrogen (secondary N) is 4. The molecule has 10 aromatic rings. The molecule has 0 aliphatic carbocycles. The Labute approximate surface area is 557 Å². The zero-order chi connectivity index (χ0) is 64.9. The van der Waals surface area contributed by atoms with Gasteiger partial charge in [0.25, 0.3) is 23.6 Å². The molecule has 0 aliphatic rings. The van der Waals surface area contributed by atoms with Gasteiger partial charge in [-0.15, -0.1) is 0 Å². The molecule has 0 heterocycles. The van der Waals surface area contributed by atoms with Crippen LogP contribution in [0.15, 0.2) is 279 Å². The third-order valence-electron chi connectivity index (χ3n) is 18.3. The van der Waals surface area contributed by atoms with Gasteiger partial charge in [0, 0.05) is 46.7 Å². The molecule has 0 saturated heterocycles. The Kier molecular flexibility index (Phi) is 25.1. The predicted octanol–water partition coefficient (Wildman–Crippen LogP) is 20.1. The zero-order valence-corrected chi connectivity index (χ0v) is 54.3. The lowest BCUT2D eigenvalue weighted by Gasteiger charge is -2.37. The van der Waals surface area contributed by atoms with Crippen LogP contribution in [0.2, 0.25) is 0 Å². The summed E-state index contributed by atoms with van der Waals surface area (Å²) in [6, 6.07) is 93.4. The fraction of sp³-hybridized carbons (Fsp3) is 0.256. The Bertz CT molecular complexity index is 3470. The van der Waals surface area contributed by atoms with Crippen LogP contribution in [-0.2, 0) is 10.8 Å². The lowest BCUT2D eigenvalue weighted by molar-refractivity contribution is 0.0944. The van der Waals surface area contributed by atoms with E-state index >= 15 is 0 Å². The SMILES string of the molecule is O=C(NCCCCCCCCCCCCCCCCCCCCNC(=O)c1cccc(C(=O)Nc2ccc(C(c3ccccc3)(c3ccccc3)c3ccccc3)cc2)c1)c1cccc(C(=O)Nc2ccc(C(c3ccccc3)(c3ccccc3)c3ccccc3)cc2)c1. The van der Waals surface area contributed by atoms with E-state index in [2.05, 4.69) is 191 Å². The number of carbonyl (C=O) groups excluding carboxylic acids is 4. The van der Waals surface area contributed by atoms with Crippen molar-refractivity contribution in [3.05, 3.63) is 346 Å². The summed E-state index contributed by atoms with van der Waals surface area (Å²) < 4.78 is 0. The van der Waals surface area contributed by atoms with Crippen molar-refractivity contribution in [2.45, 2.75) is 126 Å². The van der Waals surface area contributed by atoms with E-state index in [1.54, 1.807) is 48.5 Å². The molecule has 4 amide bonds. The van der Waals surface area contributed by atoms with E-state index in [1.807, 2.05) is 60.7 Å². The van der Waals surface area contributed by atoms with E-state index in [9.17, 15) is 19.2 Å². The minimum atomic E-state index is -0.577. The molecule has 0 fully saturated rings. The second-order valence-electron chi connectivity index (χ2n) is 24.8. The number of anilines is 2. The topological polar surface area (TPSA) is 116 Å². The van der Waals surface area contributed by atoms with Crippen molar-refractivity contribution in [2.75, 3.05) is 23.7 Å². The average molecular weight is 1240 g/mol. The first-order valence-corrected chi connectivity index (χ1v) is 34.3. The lowest BCUT2D eigenvalue weighted by atomic mass is 9.65. The van der Waals surface area contributed by atoms with Crippen molar-refractivity contribution in [1.29, 1.82) is 0 Å². The number of benzene rings is 10. The summed E-state index contributed by atoms with van der Waals surface area (Å²) in [7, 11) is 0. The van der Waals surface area contributed by atoms with Crippen molar-refractivity contribution < 1.29 is 19.2 Å². The molecule has 8 heteroatoms. The Morgan fingerprint density at radius 2 is 0.415 bits per heavy atom. The standard InChI is InChI=1S/C86H90N4O4/c91-81(67-39-37-41-69(65-67)83(93)89-79-59-55-77(56-60-79)85(71-43-23-17-24-44-71,72-45-25-18-26-46-72)73-47-27-19-28-48-73)87-63-35-15-13-11-9-7-5-3-1-2-4-6-8-10-12-14-16-36-64-88-82(92)68-40-38-42-70(66-68)84(94)90-80-61-57-78(58-62-80)86(74-49-29-20-30-50-74,75-51-31-21-32-52-75)76-53-33-22-34-54-76/h17-34,37-62,65-66H,1-16,35-36,63-64H2,(H,87,91)(H,88,92)(H,89,93)(H,90,94). The molecule has 0 atom stereocenters. The van der Waals surface area contributed by atoms with E-state index in [0.717, 1.165) is 70.2 Å².